The Balaban J connectivity index is 1.92. The normalized spacial score (nSPS) is 42.9. The van der Waals surface area contributed by atoms with Gasteiger partial charge in [-0.15, -0.1) is 0 Å². The number of amides is 2. The molecule has 0 aromatic rings. The lowest BCUT2D eigenvalue weighted by atomic mass is 9.77. The second-order valence-corrected chi connectivity index (χ2v) is 9.42. The molecule has 2 rings (SSSR count). The van der Waals surface area contributed by atoms with Gasteiger partial charge in [0.05, 0.1) is 24.4 Å². The Morgan fingerprint density at radius 2 is 1.28 bits per heavy atom. The van der Waals surface area contributed by atoms with E-state index in [1.54, 1.807) is 0 Å². The van der Waals surface area contributed by atoms with Crippen LogP contribution < -0.4 is 10.6 Å². The van der Waals surface area contributed by atoms with Gasteiger partial charge in [-0.05, 0) is 43.4 Å². The molecule has 10 atom stereocenters. The number of rotatable bonds is 6. The fourth-order valence-corrected chi connectivity index (χ4v) is 4.91. The van der Waals surface area contributed by atoms with Crippen LogP contribution in [-0.2, 0) is 19.1 Å². The molecule has 0 saturated carbocycles. The second kappa shape index (κ2) is 10.3. The van der Waals surface area contributed by atoms with Crippen LogP contribution >= 0.6 is 0 Å². The molecule has 0 aromatic heterocycles. The highest BCUT2D eigenvalue weighted by Gasteiger charge is 2.41. The van der Waals surface area contributed by atoms with Crippen molar-refractivity contribution in [2.45, 2.75) is 105 Å². The van der Waals surface area contributed by atoms with E-state index in [1.165, 1.54) is 0 Å². The van der Waals surface area contributed by atoms with Gasteiger partial charge in [-0.25, -0.2) is 0 Å². The molecule has 2 saturated heterocycles. The van der Waals surface area contributed by atoms with Crippen LogP contribution in [-0.4, -0.2) is 42.4 Å². The van der Waals surface area contributed by atoms with Crippen molar-refractivity contribution in [2.24, 2.45) is 29.6 Å². The van der Waals surface area contributed by atoms with E-state index in [-0.39, 0.29) is 54.7 Å². The summed E-state index contributed by atoms with van der Waals surface area (Å²) in [5.74, 6) is 1.22. The van der Waals surface area contributed by atoms with Gasteiger partial charge in [0.15, 0.2) is 0 Å². The van der Waals surface area contributed by atoms with Crippen LogP contribution in [0.4, 0.5) is 0 Å². The quantitative estimate of drug-likeness (QED) is 0.657. The van der Waals surface area contributed by atoms with Crippen molar-refractivity contribution in [3.05, 3.63) is 0 Å². The molecule has 10 unspecified atom stereocenters. The van der Waals surface area contributed by atoms with Crippen molar-refractivity contribution in [3.63, 3.8) is 0 Å². The highest BCUT2D eigenvalue weighted by molar-refractivity contribution is 5.97. The summed E-state index contributed by atoms with van der Waals surface area (Å²) in [6.45, 7) is 17.1. The van der Waals surface area contributed by atoms with Crippen LogP contribution in [0.2, 0.25) is 0 Å². The first-order chi connectivity index (χ1) is 13.6. The van der Waals surface area contributed by atoms with E-state index < -0.39 is 0 Å². The van der Waals surface area contributed by atoms with Gasteiger partial charge in [-0.2, -0.15) is 0 Å². The minimum atomic E-state index is -0.340. The van der Waals surface area contributed by atoms with Crippen LogP contribution in [0.15, 0.2) is 0 Å². The van der Waals surface area contributed by atoms with Crippen LogP contribution in [0.1, 0.15) is 74.7 Å². The van der Waals surface area contributed by atoms with E-state index in [0.717, 1.165) is 12.8 Å². The zero-order chi connectivity index (χ0) is 21.9. The maximum absolute atomic E-state index is 12.6. The predicted molar refractivity (Wildman–Crippen MR) is 114 cm³/mol. The molecule has 0 bridgehead atoms. The summed E-state index contributed by atoms with van der Waals surface area (Å²) in [6, 6.07) is -0.0679. The maximum Gasteiger partial charge on any atom is 0.231 e. The van der Waals surface area contributed by atoms with Crippen LogP contribution in [0, 0.1) is 29.6 Å². The molecular weight excluding hydrogens is 368 g/mol. The first-order valence-electron chi connectivity index (χ1n) is 11.5. The van der Waals surface area contributed by atoms with Gasteiger partial charge in [-0.3, -0.25) is 9.59 Å². The van der Waals surface area contributed by atoms with E-state index in [2.05, 4.69) is 66.0 Å². The summed E-state index contributed by atoms with van der Waals surface area (Å²) in [5.41, 5.74) is 0. The lowest BCUT2D eigenvalue weighted by molar-refractivity contribution is -0.158. The topological polar surface area (TPSA) is 76.7 Å². The van der Waals surface area contributed by atoms with Gasteiger partial charge in [-0.1, -0.05) is 48.5 Å². The van der Waals surface area contributed by atoms with Crippen molar-refractivity contribution in [1.82, 2.24) is 10.6 Å². The monoisotopic (exact) mass is 410 g/mol. The Morgan fingerprint density at radius 3 is 1.86 bits per heavy atom. The molecular formula is C23H42N2O4. The second-order valence-electron chi connectivity index (χ2n) is 9.42. The van der Waals surface area contributed by atoms with Gasteiger partial charge < -0.3 is 20.1 Å². The van der Waals surface area contributed by atoms with E-state index in [9.17, 15) is 9.59 Å². The SMILES string of the molecule is CCC1OC(NC(=O)CC(=O)NC2C(CC)OC(C)C(C)C2C)C(C)C(C)C1C. The lowest BCUT2D eigenvalue weighted by Gasteiger charge is -2.44. The maximum atomic E-state index is 12.6. The van der Waals surface area contributed by atoms with Gasteiger partial charge in [0.1, 0.15) is 12.6 Å². The van der Waals surface area contributed by atoms with Crippen molar-refractivity contribution in [2.75, 3.05) is 0 Å². The third-order valence-corrected chi connectivity index (χ3v) is 7.73. The minimum Gasteiger partial charge on any atom is -0.373 e. The summed E-state index contributed by atoms with van der Waals surface area (Å²) in [4.78, 5) is 25.2. The molecule has 2 aliphatic rings. The lowest BCUT2D eigenvalue weighted by Crippen LogP contribution is -2.57. The van der Waals surface area contributed by atoms with Gasteiger partial charge in [0.25, 0.3) is 0 Å². The molecule has 0 aromatic carbocycles. The number of hydrogen-bond donors (Lipinski definition) is 2. The highest BCUT2D eigenvalue weighted by atomic mass is 16.5. The van der Waals surface area contributed by atoms with E-state index in [4.69, 9.17) is 9.47 Å². The summed E-state index contributed by atoms with van der Waals surface area (Å²) < 4.78 is 12.2. The standard InChI is InChI=1S/C23H42N2O4/c1-9-18-14(5)12(3)16(7)23(29-18)25-21(27)11-20(26)24-22-15(6)13(4)17(8)28-19(22)10-2/h12-19,22-23H,9-11H2,1-8H3,(H,24,26)(H,25,27). The fraction of sp³-hybridized carbons (Fsp3) is 0.913. The molecule has 2 fully saturated rings. The average Bonchev–Trinajstić information content (AvgIpc) is 2.68. The molecule has 2 heterocycles. The number of nitrogens with one attached hydrogen (secondary N) is 2. The summed E-state index contributed by atoms with van der Waals surface area (Å²) in [7, 11) is 0. The molecule has 0 aliphatic carbocycles. The third-order valence-electron chi connectivity index (χ3n) is 7.73. The van der Waals surface area contributed by atoms with Gasteiger partial charge in [0, 0.05) is 5.92 Å². The van der Waals surface area contributed by atoms with Crippen LogP contribution in [0.3, 0.4) is 0 Å². The molecule has 6 heteroatoms. The number of hydrogen-bond acceptors (Lipinski definition) is 4. The predicted octanol–water partition coefficient (Wildman–Crippen LogP) is 3.49. The molecule has 168 valence electrons. The Hall–Kier alpha value is -1.14. The number of carbonyl (C=O) groups excluding carboxylic acids is 2. The van der Waals surface area contributed by atoms with Crippen molar-refractivity contribution in [3.8, 4) is 0 Å². The third kappa shape index (κ3) is 5.52. The summed E-state index contributed by atoms with van der Waals surface area (Å²) in [5, 5.41) is 6.02. The molecule has 0 radical (unpaired) electrons. The van der Waals surface area contributed by atoms with Crippen molar-refractivity contribution in [1.29, 1.82) is 0 Å². The Labute approximate surface area is 176 Å². The van der Waals surface area contributed by atoms with E-state index >= 15 is 0 Å². The smallest absolute Gasteiger partial charge is 0.231 e. The Kier molecular flexibility index (Phi) is 8.53. The zero-order valence-electron chi connectivity index (χ0n) is 19.5. The molecule has 2 amide bonds. The summed E-state index contributed by atoms with van der Waals surface area (Å²) in [6.07, 6.45) is 1.52. The first kappa shape index (κ1) is 24.1. The van der Waals surface area contributed by atoms with E-state index in [1.807, 2.05) is 0 Å². The Morgan fingerprint density at radius 1 is 0.690 bits per heavy atom. The Bertz CT molecular complexity index is 565. The molecule has 2 aliphatic heterocycles. The molecule has 29 heavy (non-hydrogen) atoms. The molecule has 2 N–H and O–H groups in total. The van der Waals surface area contributed by atoms with Gasteiger partial charge >= 0.3 is 0 Å². The van der Waals surface area contributed by atoms with Crippen molar-refractivity contribution >= 4 is 11.8 Å². The van der Waals surface area contributed by atoms with Gasteiger partial charge in [0.2, 0.25) is 11.8 Å². The zero-order valence-corrected chi connectivity index (χ0v) is 19.5. The average molecular weight is 411 g/mol. The van der Waals surface area contributed by atoms with Crippen LogP contribution in [0.5, 0.6) is 0 Å². The first-order valence-corrected chi connectivity index (χ1v) is 11.5. The summed E-state index contributed by atoms with van der Waals surface area (Å²) >= 11 is 0. The van der Waals surface area contributed by atoms with Crippen molar-refractivity contribution < 1.29 is 19.1 Å². The largest absolute Gasteiger partial charge is 0.373 e. The highest BCUT2D eigenvalue weighted by Crippen LogP contribution is 2.35. The number of ether oxygens (including phenoxy) is 2. The number of carbonyl (C=O) groups is 2. The molecule has 0 spiro atoms. The fourth-order valence-electron chi connectivity index (χ4n) is 4.91. The minimum absolute atomic E-state index is 0.0161. The van der Waals surface area contributed by atoms with E-state index in [0.29, 0.717) is 23.7 Å². The molecule has 6 nitrogen and oxygen atoms in total. The van der Waals surface area contributed by atoms with Crippen LogP contribution in [0.25, 0.3) is 0 Å².